The van der Waals surface area contributed by atoms with Crippen LogP contribution in [-0.2, 0) is 14.3 Å². The largest absolute Gasteiger partial charge is 0.504 e. The summed E-state index contributed by atoms with van der Waals surface area (Å²) in [5, 5.41) is 20.0. The zero-order chi connectivity index (χ0) is 20.7. The van der Waals surface area contributed by atoms with E-state index in [1.807, 2.05) is 0 Å². The van der Waals surface area contributed by atoms with Crippen molar-refractivity contribution < 1.29 is 38.7 Å². The molecule has 154 valence electrons. The minimum Gasteiger partial charge on any atom is -0.504 e. The van der Waals surface area contributed by atoms with Crippen molar-refractivity contribution >= 4 is 5.97 Å². The Hall–Kier alpha value is -3.13. The molecule has 2 aliphatic rings. The van der Waals surface area contributed by atoms with E-state index in [-0.39, 0.29) is 34.9 Å². The molecule has 29 heavy (non-hydrogen) atoms. The van der Waals surface area contributed by atoms with Gasteiger partial charge in [0.2, 0.25) is 5.75 Å². The van der Waals surface area contributed by atoms with Crippen LogP contribution in [0.15, 0.2) is 30.3 Å². The topological polar surface area (TPSA) is 104 Å². The van der Waals surface area contributed by atoms with Gasteiger partial charge < -0.3 is 33.9 Å². The van der Waals surface area contributed by atoms with Gasteiger partial charge in [0.1, 0.15) is 6.10 Å². The highest BCUT2D eigenvalue weighted by molar-refractivity contribution is 5.77. The molecule has 0 aromatic heterocycles. The van der Waals surface area contributed by atoms with Crippen LogP contribution in [0, 0.1) is 11.8 Å². The molecule has 0 radical (unpaired) electrons. The van der Waals surface area contributed by atoms with Crippen molar-refractivity contribution in [3.63, 3.8) is 0 Å². The molecule has 2 aromatic carbocycles. The number of hydrogen-bond acceptors (Lipinski definition) is 8. The molecule has 0 aliphatic carbocycles. The lowest BCUT2D eigenvalue weighted by Gasteiger charge is -2.18. The van der Waals surface area contributed by atoms with Gasteiger partial charge in [-0.3, -0.25) is 4.79 Å². The summed E-state index contributed by atoms with van der Waals surface area (Å²) < 4.78 is 27.2. The summed E-state index contributed by atoms with van der Waals surface area (Å²) in [7, 11) is 4.34. The number of cyclic esters (lactones) is 1. The monoisotopic (exact) mass is 402 g/mol. The molecule has 2 N–H and O–H groups in total. The SMILES string of the molecule is COc1cc([C@@H]2OC[C@H]3[C@H]2C(=O)O[C@@H]3c2cc(OC)c(O)c(OC)c2)ccc1O. The molecule has 8 heteroatoms. The van der Waals surface area contributed by atoms with Crippen LogP contribution in [0.2, 0.25) is 0 Å². The third kappa shape index (κ3) is 3.09. The Kier molecular flexibility index (Phi) is 4.87. The molecule has 0 saturated carbocycles. The molecule has 2 saturated heterocycles. The van der Waals surface area contributed by atoms with E-state index < -0.39 is 18.1 Å². The van der Waals surface area contributed by atoms with E-state index in [9.17, 15) is 15.0 Å². The molecule has 0 amide bonds. The highest BCUT2D eigenvalue weighted by Gasteiger charge is 2.54. The average molecular weight is 402 g/mol. The number of carbonyl (C=O) groups excluding carboxylic acids is 1. The highest BCUT2D eigenvalue weighted by Crippen LogP contribution is 2.53. The van der Waals surface area contributed by atoms with Crippen LogP contribution in [0.3, 0.4) is 0 Å². The van der Waals surface area contributed by atoms with Crippen molar-refractivity contribution in [1.29, 1.82) is 0 Å². The van der Waals surface area contributed by atoms with E-state index >= 15 is 0 Å². The third-order valence-corrected chi connectivity index (χ3v) is 5.52. The van der Waals surface area contributed by atoms with Crippen molar-refractivity contribution in [2.24, 2.45) is 11.8 Å². The standard InChI is InChI=1S/C21H22O8/c1-25-14-6-10(4-5-13(14)22)20-17-12(9-28-20)19(29-21(17)24)11-7-15(26-2)18(23)16(8-11)27-3/h4-8,12,17,19-20,22-23H,9H2,1-3H3/t12-,17+,19+,20-/m0/s1. The summed E-state index contributed by atoms with van der Waals surface area (Å²) in [5.41, 5.74) is 1.38. The Balaban J connectivity index is 1.67. The average Bonchev–Trinajstić information content (AvgIpc) is 3.30. The quantitative estimate of drug-likeness (QED) is 0.736. The molecule has 2 fully saturated rings. The Morgan fingerprint density at radius 3 is 2.14 bits per heavy atom. The molecular formula is C21H22O8. The summed E-state index contributed by atoms with van der Waals surface area (Å²) >= 11 is 0. The van der Waals surface area contributed by atoms with Gasteiger partial charge in [-0.1, -0.05) is 6.07 Å². The van der Waals surface area contributed by atoms with Gasteiger partial charge in [-0.15, -0.1) is 0 Å². The van der Waals surface area contributed by atoms with Crippen LogP contribution >= 0.6 is 0 Å². The van der Waals surface area contributed by atoms with Crippen LogP contribution in [0.1, 0.15) is 23.3 Å². The molecule has 4 rings (SSSR count). The zero-order valence-electron chi connectivity index (χ0n) is 16.2. The van der Waals surface area contributed by atoms with Crippen molar-refractivity contribution in [3.8, 4) is 28.7 Å². The number of carbonyl (C=O) groups is 1. The molecule has 0 spiro atoms. The van der Waals surface area contributed by atoms with Gasteiger partial charge in [-0.2, -0.15) is 0 Å². The van der Waals surface area contributed by atoms with E-state index in [0.29, 0.717) is 17.9 Å². The number of methoxy groups -OCH3 is 3. The summed E-state index contributed by atoms with van der Waals surface area (Å²) in [6.45, 7) is 0.320. The number of benzene rings is 2. The van der Waals surface area contributed by atoms with Crippen molar-refractivity contribution in [1.82, 2.24) is 0 Å². The van der Waals surface area contributed by atoms with E-state index in [4.69, 9.17) is 23.7 Å². The molecule has 8 nitrogen and oxygen atoms in total. The number of hydrogen-bond donors (Lipinski definition) is 2. The second kappa shape index (κ2) is 7.36. The van der Waals surface area contributed by atoms with Crippen molar-refractivity contribution in [2.45, 2.75) is 12.2 Å². The van der Waals surface area contributed by atoms with Gasteiger partial charge in [0.05, 0.1) is 40.0 Å². The maximum Gasteiger partial charge on any atom is 0.313 e. The first kappa shape index (κ1) is 19.2. The smallest absolute Gasteiger partial charge is 0.313 e. The number of aromatic hydroxyl groups is 2. The van der Waals surface area contributed by atoms with E-state index in [1.54, 1.807) is 24.3 Å². The van der Waals surface area contributed by atoms with Crippen molar-refractivity contribution in [2.75, 3.05) is 27.9 Å². The van der Waals surface area contributed by atoms with Crippen molar-refractivity contribution in [3.05, 3.63) is 41.5 Å². The van der Waals surface area contributed by atoms with Gasteiger partial charge >= 0.3 is 5.97 Å². The maximum absolute atomic E-state index is 12.7. The first-order valence-electron chi connectivity index (χ1n) is 9.12. The lowest BCUT2D eigenvalue weighted by atomic mass is 9.84. The Morgan fingerprint density at radius 2 is 1.52 bits per heavy atom. The predicted molar refractivity (Wildman–Crippen MR) is 100 cm³/mol. The van der Waals surface area contributed by atoms with Gasteiger partial charge in [-0.05, 0) is 29.8 Å². The third-order valence-electron chi connectivity index (χ3n) is 5.52. The first-order valence-corrected chi connectivity index (χ1v) is 9.12. The Morgan fingerprint density at radius 1 is 0.897 bits per heavy atom. The van der Waals surface area contributed by atoms with E-state index in [0.717, 1.165) is 5.56 Å². The fourth-order valence-corrected chi connectivity index (χ4v) is 4.08. The molecule has 0 unspecified atom stereocenters. The highest BCUT2D eigenvalue weighted by atomic mass is 16.6. The fraction of sp³-hybridized carbons (Fsp3) is 0.381. The summed E-state index contributed by atoms with van der Waals surface area (Å²) in [6.07, 6.45) is -1.06. The van der Waals surface area contributed by atoms with Crippen LogP contribution in [0.5, 0.6) is 28.7 Å². The zero-order valence-corrected chi connectivity index (χ0v) is 16.2. The number of phenolic OH excluding ortho intramolecular Hbond substituents is 2. The molecule has 2 aromatic rings. The molecular weight excluding hydrogens is 380 g/mol. The van der Waals surface area contributed by atoms with Gasteiger partial charge in [0.25, 0.3) is 0 Å². The maximum atomic E-state index is 12.7. The van der Waals surface area contributed by atoms with Crippen LogP contribution in [-0.4, -0.2) is 44.1 Å². The lowest BCUT2D eigenvalue weighted by Crippen LogP contribution is -2.18. The second-order valence-electron chi connectivity index (χ2n) is 7.01. The number of esters is 1. The summed E-state index contributed by atoms with van der Waals surface area (Å²) in [4.78, 5) is 12.7. The summed E-state index contributed by atoms with van der Waals surface area (Å²) in [6, 6.07) is 8.15. The summed E-state index contributed by atoms with van der Waals surface area (Å²) in [5.74, 6) is -0.398. The molecule has 2 aliphatic heterocycles. The molecule has 0 bridgehead atoms. The van der Waals surface area contributed by atoms with Crippen LogP contribution in [0.25, 0.3) is 0 Å². The second-order valence-corrected chi connectivity index (χ2v) is 7.01. The minimum atomic E-state index is -0.556. The Labute approximate surface area is 167 Å². The van der Waals surface area contributed by atoms with Gasteiger partial charge in [-0.25, -0.2) is 0 Å². The van der Waals surface area contributed by atoms with E-state index in [1.165, 1.54) is 27.4 Å². The normalized spacial score (nSPS) is 25.4. The number of phenols is 2. The van der Waals surface area contributed by atoms with Gasteiger partial charge in [0, 0.05) is 11.5 Å². The molecule has 4 atom stereocenters. The van der Waals surface area contributed by atoms with Gasteiger partial charge in [0.15, 0.2) is 23.0 Å². The number of rotatable bonds is 5. The minimum absolute atomic E-state index is 0.0148. The predicted octanol–water partition coefficient (Wildman–Crippen LogP) is 2.73. The first-order chi connectivity index (χ1) is 14.0. The Bertz CT molecular complexity index is 915. The number of fused-ring (bicyclic) bond motifs is 1. The van der Waals surface area contributed by atoms with Crippen LogP contribution < -0.4 is 14.2 Å². The van der Waals surface area contributed by atoms with E-state index in [2.05, 4.69) is 0 Å². The lowest BCUT2D eigenvalue weighted by molar-refractivity contribution is -0.148. The van der Waals surface area contributed by atoms with Crippen LogP contribution in [0.4, 0.5) is 0 Å². The number of ether oxygens (including phenoxy) is 5. The molecule has 2 heterocycles. The fourth-order valence-electron chi connectivity index (χ4n) is 4.08.